The summed E-state index contributed by atoms with van der Waals surface area (Å²) < 4.78 is 5.24. The topological polar surface area (TPSA) is 120 Å². The van der Waals surface area contributed by atoms with Crippen molar-refractivity contribution in [3.63, 3.8) is 0 Å². The predicted molar refractivity (Wildman–Crippen MR) is 44.7 cm³/mol. The van der Waals surface area contributed by atoms with Crippen LogP contribution in [0, 0.1) is 10.1 Å². The van der Waals surface area contributed by atoms with Crippen LogP contribution >= 0.6 is 0 Å². The van der Waals surface area contributed by atoms with Gasteiger partial charge in [-0.05, 0) is 4.92 Å². The van der Waals surface area contributed by atoms with Crippen molar-refractivity contribution in [1.29, 1.82) is 0 Å². The van der Waals surface area contributed by atoms with Crippen molar-refractivity contribution >= 4 is 11.8 Å². The number of nitro groups is 1. The van der Waals surface area contributed by atoms with Crippen molar-refractivity contribution in [2.45, 2.75) is 12.6 Å². The Morgan fingerprint density at radius 3 is 3.00 bits per heavy atom. The van der Waals surface area contributed by atoms with Gasteiger partial charge in [-0.1, -0.05) is 0 Å². The first kappa shape index (κ1) is 11.0. The lowest BCUT2D eigenvalue weighted by Gasteiger charge is -2.05. The van der Waals surface area contributed by atoms with Gasteiger partial charge in [-0.25, -0.2) is 9.48 Å². The highest BCUT2D eigenvalue weighted by Gasteiger charge is 2.19. The van der Waals surface area contributed by atoms with E-state index < -0.39 is 22.8 Å². The summed E-state index contributed by atoms with van der Waals surface area (Å²) in [6, 6.07) is 0. The largest absolute Gasteiger partial charge is 0.467 e. The average Bonchev–Trinajstić information content (AvgIpc) is 2.65. The number of carbonyl (C=O) groups is 1. The normalized spacial score (nSPS) is 12.1. The molecule has 0 aliphatic rings. The highest BCUT2D eigenvalue weighted by molar-refractivity contribution is 5.73. The number of carbonyl (C=O) groups excluding carboxylic acids is 1. The van der Waals surface area contributed by atoms with E-state index in [1.807, 2.05) is 0 Å². The number of hydrogen-bond donors (Lipinski definition) is 1. The van der Waals surface area contributed by atoms with E-state index >= 15 is 0 Å². The number of nitrogens with zero attached hydrogens (tertiary/aromatic N) is 4. The van der Waals surface area contributed by atoms with Gasteiger partial charge in [-0.15, -0.1) is 0 Å². The second-order valence-electron chi connectivity index (χ2n) is 2.59. The molecule has 0 aliphatic heterocycles. The fourth-order valence-corrected chi connectivity index (χ4v) is 0.849. The maximum Gasteiger partial charge on any atom is 0.410 e. The van der Waals surface area contributed by atoms with Crippen molar-refractivity contribution in [2.75, 3.05) is 7.11 Å². The summed E-state index contributed by atoms with van der Waals surface area (Å²) in [5.41, 5.74) is 0. The summed E-state index contributed by atoms with van der Waals surface area (Å²) in [7, 11) is 1.12. The van der Waals surface area contributed by atoms with Crippen molar-refractivity contribution in [3.05, 3.63) is 16.3 Å². The van der Waals surface area contributed by atoms with E-state index in [2.05, 4.69) is 15.0 Å². The van der Waals surface area contributed by atoms with Gasteiger partial charge in [0.05, 0.1) is 18.9 Å². The van der Waals surface area contributed by atoms with Gasteiger partial charge in [0.1, 0.15) is 11.3 Å². The Morgan fingerprint density at radius 1 is 1.87 bits per heavy atom. The maximum atomic E-state index is 10.8. The number of aliphatic hydroxyl groups excluding tert-OH is 1. The minimum absolute atomic E-state index is 0.243. The number of hydrogen-bond acceptors (Lipinski definition) is 7. The second-order valence-corrected chi connectivity index (χ2v) is 2.59. The van der Waals surface area contributed by atoms with E-state index in [-0.39, 0.29) is 6.54 Å². The zero-order valence-corrected chi connectivity index (χ0v) is 7.73. The Hall–Kier alpha value is -2.03. The van der Waals surface area contributed by atoms with Gasteiger partial charge in [-0.3, -0.25) is 0 Å². The van der Waals surface area contributed by atoms with Crippen LogP contribution in [0.2, 0.25) is 0 Å². The van der Waals surface area contributed by atoms with Gasteiger partial charge in [0.25, 0.3) is 0 Å². The van der Waals surface area contributed by atoms with Gasteiger partial charge < -0.3 is 20.0 Å². The molecule has 0 amide bonds. The zero-order valence-electron chi connectivity index (χ0n) is 7.73. The van der Waals surface area contributed by atoms with Crippen LogP contribution in [0.25, 0.3) is 0 Å². The molecule has 0 spiro atoms. The fraction of sp³-hybridized carbons (Fsp3) is 0.500. The number of rotatable bonds is 4. The summed E-state index contributed by atoms with van der Waals surface area (Å²) in [5, 5.41) is 26.0. The standard InChI is InChI=1S/C6H8N4O5/c1-15-6(12)4(11)2-9-3-5(7-8-9)10(13)14/h3-4,11H,2H2,1H3. The Balaban J connectivity index is 2.65. The van der Waals surface area contributed by atoms with Crippen molar-refractivity contribution in [1.82, 2.24) is 15.0 Å². The lowest BCUT2D eigenvalue weighted by Crippen LogP contribution is -2.27. The minimum atomic E-state index is -1.42. The molecular formula is C6H8N4O5. The average molecular weight is 216 g/mol. The molecule has 1 heterocycles. The SMILES string of the molecule is COC(=O)C(O)Cn1cc([N+](=O)[O-])nn1. The minimum Gasteiger partial charge on any atom is -0.467 e. The van der Waals surface area contributed by atoms with Gasteiger partial charge in [0.2, 0.25) is 0 Å². The molecule has 1 aromatic rings. The molecule has 1 unspecified atom stereocenters. The Bertz CT molecular complexity index is 375. The predicted octanol–water partition coefficient (Wildman–Crippen LogP) is -1.28. The van der Waals surface area contributed by atoms with Crippen LogP contribution in [0.15, 0.2) is 6.20 Å². The second kappa shape index (κ2) is 4.46. The highest BCUT2D eigenvalue weighted by atomic mass is 16.6. The first-order chi connectivity index (χ1) is 7.04. The first-order valence-corrected chi connectivity index (χ1v) is 3.85. The molecule has 15 heavy (non-hydrogen) atoms. The molecule has 1 atom stereocenters. The lowest BCUT2D eigenvalue weighted by atomic mass is 10.3. The van der Waals surface area contributed by atoms with Crippen molar-refractivity contribution in [3.8, 4) is 0 Å². The number of ether oxygens (including phenoxy) is 1. The van der Waals surface area contributed by atoms with Crippen LogP contribution in [0.3, 0.4) is 0 Å². The Kier molecular flexibility index (Phi) is 3.29. The fourth-order valence-electron chi connectivity index (χ4n) is 0.849. The van der Waals surface area contributed by atoms with Gasteiger partial charge in [0, 0.05) is 0 Å². The molecule has 1 N–H and O–H groups in total. The van der Waals surface area contributed by atoms with Gasteiger partial charge in [0.15, 0.2) is 6.10 Å². The van der Waals surface area contributed by atoms with E-state index in [9.17, 15) is 20.0 Å². The van der Waals surface area contributed by atoms with Crippen LogP contribution < -0.4 is 0 Å². The maximum absolute atomic E-state index is 10.8. The third kappa shape index (κ3) is 2.71. The smallest absolute Gasteiger partial charge is 0.410 e. The number of esters is 1. The van der Waals surface area contributed by atoms with Crippen LogP contribution in [0.1, 0.15) is 0 Å². The van der Waals surface area contributed by atoms with Crippen molar-refractivity contribution in [2.24, 2.45) is 0 Å². The monoisotopic (exact) mass is 216 g/mol. The molecule has 0 bridgehead atoms. The molecule has 9 heteroatoms. The summed E-state index contributed by atoms with van der Waals surface area (Å²) in [6.07, 6.45) is -0.414. The number of aliphatic hydroxyl groups is 1. The Labute approximate surface area is 83.4 Å². The van der Waals surface area contributed by atoms with Gasteiger partial charge in [-0.2, -0.15) is 0 Å². The number of methoxy groups -OCH3 is 1. The van der Waals surface area contributed by atoms with E-state index in [1.54, 1.807) is 0 Å². The van der Waals surface area contributed by atoms with Crippen LogP contribution in [0.4, 0.5) is 5.82 Å². The molecule has 82 valence electrons. The molecule has 0 radical (unpaired) electrons. The lowest BCUT2D eigenvalue weighted by molar-refractivity contribution is -0.389. The summed E-state index contributed by atoms with van der Waals surface area (Å²) >= 11 is 0. The molecule has 9 nitrogen and oxygen atoms in total. The molecule has 1 rings (SSSR count). The van der Waals surface area contributed by atoms with Crippen molar-refractivity contribution < 1.29 is 19.6 Å². The molecule has 0 saturated heterocycles. The molecule has 0 aromatic carbocycles. The third-order valence-electron chi connectivity index (χ3n) is 1.55. The zero-order chi connectivity index (χ0) is 11.4. The van der Waals surface area contributed by atoms with E-state index in [0.29, 0.717) is 0 Å². The molecule has 0 aliphatic carbocycles. The van der Waals surface area contributed by atoms with E-state index in [1.165, 1.54) is 0 Å². The van der Waals surface area contributed by atoms with E-state index in [0.717, 1.165) is 18.0 Å². The summed E-state index contributed by atoms with van der Waals surface area (Å²) in [4.78, 5) is 20.3. The molecule has 1 aromatic heterocycles. The molecule has 0 saturated carbocycles. The Morgan fingerprint density at radius 2 is 2.53 bits per heavy atom. The quantitative estimate of drug-likeness (QED) is 0.378. The molecule has 0 fully saturated rings. The third-order valence-corrected chi connectivity index (χ3v) is 1.55. The van der Waals surface area contributed by atoms with Crippen LogP contribution in [-0.2, 0) is 16.1 Å². The van der Waals surface area contributed by atoms with E-state index in [4.69, 9.17) is 0 Å². The first-order valence-electron chi connectivity index (χ1n) is 3.85. The van der Waals surface area contributed by atoms with Crippen LogP contribution in [0.5, 0.6) is 0 Å². The summed E-state index contributed by atoms with van der Waals surface area (Å²) in [5.74, 6) is -1.29. The highest BCUT2D eigenvalue weighted by Crippen LogP contribution is 2.03. The van der Waals surface area contributed by atoms with Gasteiger partial charge >= 0.3 is 11.8 Å². The molecular weight excluding hydrogens is 208 g/mol. The van der Waals surface area contributed by atoms with Crippen LogP contribution in [-0.4, -0.2) is 44.2 Å². The summed E-state index contributed by atoms with van der Waals surface area (Å²) in [6.45, 7) is -0.243. The number of aromatic nitrogens is 3.